The molecule has 0 unspecified atom stereocenters. The van der Waals surface area contributed by atoms with Crippen molar-refractivity contribution in [2.24, 2.45) is 10.7 Å². The Morgan fingerprint density at radius 1 is 1.30 bits per heavy atom. The summed E-state index contributed by atoms with van der Waals surface area (Å²) < 4.78 is 23.4. The lowest BCUT2D eigenvalue weighted by Crippen LogP contribution is -2.44. The van der Waals surface area contributed by atoms with Crippen molar-refractivity contribution in [2.75, 3.05) is 37.4 Å². The van der Waals surface area contributed by atoms with Gasteiger partial charge in [0.2, 0.25) is 0 Å². The Kier molecular flexibility index (Phi) is 6.91. The standard InChI is InChI=1S/C12H23N3O2S2.HI/c1-19(16,17)12(4-2-3-5-12)10-14-11(13)15-6-8-18-9-7-15;/h2-10H2,1H3,(H2,13,14);1H. The average Bonchev–Trinajstić information content (AvgIpc) is 2.86. The van der Waals surface area contributed by atoms with Crippen molar-refractivity contribution in [2.45, 2.75) is 30.4 Å². The van der Waals surface area contributed by atoms with E-state index in [0.29, 0.717) is 12.5 Å². The molecule has 1 aliphatic heterocycles. The van der Waals surface area contributed by atoms with Crippen LogP contribution in [0.4, 0.5) is 0 Å². The number of thioether (sulfide) groups is 1. The van der Waals surface area contributed by atoms with Crippen LogP contribution >= 0.6 is 35.7 Å². The minimum absolute atomic E-state index is 0. The van der Waals surface area contributed by atoms with Crippen molar-refractivity contribution in [3.63, 3.8) is 0 Å². The summed E-state index contributed by atoms with van der Waals surface area (Å²) in [7, 11) is -3.08. The van der Waals surface area contributed by atoms with E-state index in [-0.39, 0.29) is 24.0 Å². The number of hydrogen-bond donors (Lipinski definition) is 1. The van der Waals surface area contributed by atoms with E-state index in [9.17, 15) is 8.42 Å². The smallest absolute Gasteiger partial charge is 0.191 e. The van der Waals surface area contributed by atoms with Crippen LogP contribution < -0.4 is 5.73 Å². The molecule has 1 aliphatic carbocycles. The van der Waals surface area contributed by atoms with Gasteiger partial charge in [-0.1, -0.05) is 12.8 Å². The Morgan fingerprint density at radius 3 is 2.35 bits per heavy atom. The van der Waals surface area contributed by atoms with E-state index in [4.69, 9.17) is 5.73 Å². The minimum atomic E-state index is -3.08. The molecule has 0 aromatic heterocycles. The summed E-state index contributed by atoms with van der Waals surface area (Å²) in [5, 5.41) is 0. The van der Waals surface area contributed by atoms with Gasteiger partial charge < -0.3 is 10.6 Å². The Balaban J connectivity index is 0.00000200. The highest BCUT2D eigenvalue weighted by atomic mass is 127. The Labute approximate surface area is 143 Å². The highest BCUT2D eigenvalue weighted by Crippen LogP contribution is 2.36. The van der Waals surface area contributed by atoms with Gasteiger partial charge in [0, 0.05) is 30.9 Å². The molecule has 0 bridgehead atoms. The summed E-state index contributed by atoms with van der Waals surface area (Å²) in [5.74, 6) is 2.64. The fourth-order valence-corrected chi connectivity index (χ4v) is 5.02. The Hall–Kier alpha value is 0.300. The second-order valence-electron chi connectivity index (χ2n) is 5.44. The minimum Gasteiger partial charge on any atom is -0.370 e. The molecule has 0 aromatic rings. The molecule has 0 radical (unpaired) electrons. The molecule has 0 aromatic carbocycles. The molecule has 2 N–H and O–H groups in total. The molecular weight excluding hydrogens is 409 g/mol. The maximum atomic E-state index is 12.0. The van der Waals surface area contributed by atoms with E-state index < -0.39 is 14.6 Å². The summed E-state index contributed by atoms with van der Waals surface area (Å²) in [6.07, 6.45) is 4.73. The van der Waals surface area contributed by atoms with Crippen LogP contribution in [0.2, 0.25) is 0 Å². The molecule has 118 valence electrons. The molecule has 0 spiro atoms. The Bertz CT molecular complexity index is 442. The molecule has 0 amide bonds. The van der Waals surface area contributed by atoms with Crippen molar-refractivity contribution in [1.82, 2.24) is 4.90 Å². The van der Waals surface area contributed by atoms with Gasteiger partial charge in [-0.25, -0.2) is 8.42 Å². The first kappa shape index (κ1) is 18.3. The first-order chi connectivity index (χ1) is 8.95. The van der Waals surface area contributed by atoms with E-state index >= 15 is 0 Å². The van der Waals surface area contributed by atoms with Gasteiger partial charge in [0.25, 0.3) is 0 Å². The predicted molar refractivity (Wildman–Crippen MR) is 96.8 cm³/mol. The number of halogens is 1. The molecule has 2 fully saturated rings. The molecule has 20 heavy (non-hydrogen) atoms. The lowest BCUT2D eigenvalue weighted by molar-refractivity contribution is 0.451. The van der Waals surface area contributed by atoms with Gasteiger partial charge in [-0.3, -0.25) is 4.99 Å². The van der Waals surface area contributed by atoms with Crippen molar-refractivity contribution in [3.8, 4) is 0 Å². The van der Waals surface area contributed by atoms with Crippen LogP contribution in [-0.4, -0.2) is 61.4 Å². The third-order valence-corrected chi connectivity index (χ3v) is 7.22. The third kappa shape index (κ3) is 4.16. The maximum absolute atomic E-state index is 12.0. The van der Waals surface area contributed by atoms with E-state index in [1.165, 1.54) is 6.26 Å². The van der Waals surface area contributed by atoms with Crippen LogP contribution in [0, 0.1) is 0 Å². The van der Waals surface area contributed by atoms with E-state index in [2.05, 4.69) is 9.89 Å². The predicted octanol–water partition coefficient (Wildman–Crippen LogP) is 1.33. The molecule has 1 saturated heterocycles. The quantitative estimate of drug-likeness (QED) is 0.413. The largest absolute Gasteiger partial charge is 0.370 e. The SMILES string of the molecule is CS(=O)(=O)C1(CN=C(N)N2CCSCC2)CCCC1.I. The lowest BCUT2D eigenvalue weighted by Gasteiger charge is -2.29. The van der Waals surface area contributed by atoms with Crippen molar-refractivity contribution in [3.05, 3.63) is 0 Å². The first-order valence-electron chi connectivity index (χ1n) is 6.77. The topological polar surface area (TPSA) is 75.8 Å². The fourth-order valence-electron chi connectivity index (χ4n) is 2.78. The number of guanidine groups is 1. The molecule has 5 nitrogen and oxygen atoms in total. The van der Waals surface area contributed by atoms with Crippen LogP contribution in [-0.2, 0) is 9.84 Å². The zero-order valence-corrected chi connectivity index (χ0v) is 15.8. The normalized spacial score (nSPS) is 23.4. The lowest BCUT2D eigenvalue weighted by atomic mass is 10.1. The zero-order valence-electron chi connectivity index (χ0n) is 11.9. The van der Waals surface area contributed by atoms with Crippen molar-refractivity contribution < 1.29 is 8.42 Å². The second kappa shape index (κ2) is 7.53. The number of aliphatic imine (C=N–C) groups is 1. The maximum Gasteiger partial charge on any atom is 0.191 e. The number of rotatable bonds is 3. The molecule has 8 heteroatoms. The number of sulfone groups is 1. The Morgan fingerprint density at radius 2 is 1.85 bits per heavy atom. The summed E-state index contributed by atoms with van der Waals surface area (Å²) in [6.45, 7) is 2.14. The number of nitrogens with zero attached hydrogens (tertiary/aromatic N) is 2. The average molecular weight is 433 g/mol. The van der Waals surface area contributed by atoms with E-state index in [1.54, 1.807) is 0 Å². The number of hydrogen-bond acceptors (Lipinski definition) is 4. The van der Waals surface area contributed by atoms with E-state index in [0.717, 1.165) is 50.3 Å². The van der Waals surface area contributed by atoms with Crippen LogP contribution in [0.1, 0.15) is 25.7 Å². The highest BCUT2D eigenvalue weighted by molar-refractivity contribution is 14.0. The zero-order chi connectivity index (χ0) is 13.9. The monoisotopic (exact) mass is 433 g/mol. The number of nitrogens with two attached hydrogens (primary N) is 1. The van der Waals surface area contributed by atoms with Crippen LogP contribution in [0.5, 0.6) is 0 Å². The van der Waals surface area contributed by atoms with Crippen LogP contribution in [0.25, 0.3) is 0 Å². The molecule has 2 rings (SSSR count). The van der Waals surface area contributed by atoms with Crippen molar-refractivity contribution >= 4 is 51.5 Å². The molecule has 0 atom stereocenters. The second-order valence-corrected chi connectivity index (χ2v) is 9.07. The van der Waals surface area contributed by atoms with Gasteiger partial charge >= 0.3 is 0 Å². The van der Waals surface area contributed by atoms with Gasteiger partial charge in [-0.05, 0) is 12.8 Å². The molecule has 2 aliphatic rings. The van der Waals surface area contributed by atoms with Gasteiger partial charge in [0.15, 0.2) is 15.8 Å². The summed E-state index contributed by atoms with van der Waals surface area (Å²) in [6, 6.07) is 0. The van der Waals surface area contributed by atoms with E-state index in [1.807, 2.05) is 11.8 Å². The van der Waals surface area contributed by atoms with Gasteiger partial charge in [-0.15, -0.1) is 24.0 Å². The van der Waals surface area contributed by atoms with Gasteiger partial charge in [-0.2, -0.15) is 11.8 Å². The summed E-state index contributed by atoms with van der Waals surface area (Å²) in [4.78, 5) is 6.46. The molecular formula is C12H24IN3O2S2. The first-order valence-corrected chi connectivity index (χ1v) is 9.81. The molecule has 1 heterocycles. The highest BCUT2D eigenvalue weighted by Gasteiger charge is 2.43. The van der Waals surface area contributed by atoms with Gasteiger partial charge in [0.05, 0.1) is 11.3 Å². The third-order valence-electron chi connectivity index (χ3n) is 4.17. The summed E-state index contributed by atoms with van der Waals surface area (Å²) >= 11 is 1.91. The van der Waals surface area contributed by atoms with Crippen LogP contribution in [0.15, 0.2) is 4.99 Å². The van der Waals surface area contributed by atoms with Gasteiger partial charge in [0.1, 0.15) is 0 Å². The van der Waals surface area contributed by atoms with Crippen molar-refractivity contribution in [1.29, 1.82) is 0 Å². The summed E-state index contributed by atoms with van der Waals surface area (Å²) in [5.41, 5.74) is 6.00. The molecule has 1 saturated carbocycles. The fraction of sp³-hybridized carbons (Fsp3) is 0.917. The van der Waals surface area contributed by atoms with Crippen LogP contribution in [0.3, 0.4) is 0 Å².